The Morgan fingerprint density at radius 1 is 1.44 bits per heavy atom. The summed E-state index contributed by atoms with van der Waals surface area (Å²) in [4.78, 5) is 0. The lowest BCUT2D eigenvalue weighted by molar-refractivity contribution is 0.750. The van der Waals surface area contributed by atoms with Gasteiger partial charge < -0.3 is 0 Å². The van der Waals surface area contributed by atoms with Gasteiger partial charge in [-0.05, 0) is 18.1 Å². The molecule has 0 aromatic carbocycles. The van der Waals surface area contributed by atoms with Crippen molar-refractivity contribution in [3.8, 4) is 0 Å². The van der Waals surface area contributed by atoms with E-state index < -0.39 is 0 Å². The van der Waals surface area contributed by atoms with Crippen molar-refractivity contribution in [1.82, 2.24) is 0 Å². The van der Waals surface area contributed by atoms with Crippen LogP contribution in [0.4, 0.5) is 0 Å². The summed E-state index contributed by atoms with van der Waals surface area (Å²) in [5.74, 6) is 4.43. The lowest BCUT2D eigenvalue weighted by atomic mass is 10.3. The molecule has 0 saturated heterocycles. The topological polar surface area (TPSA) is 0 Å². The molecule has 0 nitrogen and oxygen atoms in total. The zero-order valence-corrected chi connectivity index (χ0v) is 7.50. The molecule has 0 aliphatic rings. The Kier molecular flexibility index (Phi) is 6.72. The van der Waals surface area contributed by atoms with Gasteiger partial charge in [-0.15, -0.1) is 0 Å². The minimum Gasteiger partial charge on any atom is -0.157 e. The third-order valence-electron chi connectivity index (χ3n) is 0.954. The average Bonchev–Trinajstić information content (AvgIpc) is 1.80. The monoisotopic (exact) mass is 145 g/mol. The lowest BCUT2D eigenvalue weighted by Gasteiger charge is -2.01. The Balaban J connectivity index is 2.75. The SMILES string of the molecule is CCC[CH]SCC(C)C. The molecule has 0 saturated carbocycles. The Hall–Kier alpha value is 0.350. The molecule has 9 heavy (non-hydrogen) atoms. The first-order valence-corrected chi connectivity index (χ1v) is 4.75. The highest BCUT2D eigenvalue weighted by molar-refractivity contribution is 8.01. The highest BCUT2D eigenvalue weighted by Gasteiger charge is 1.92. The molecule has 0 aliphatic heterocycles. The third kappa shape index (κ3) is 8.35. The molecule has 0 atom stereocenters. The van der Waals surface area contributed by atoms with E-state index in [1.807, 2.05) is 11.8 Å². The molecule has 0 spiro atoms. The standard InChI is InChI=1S/C8H17S/c1-4-5-6-9-7-8(2)3/h6,8H,4-5,7H2,1-3H3. The Morgan fingerprint density at radius 2 is 2.11 bits per heavy atom. The molecule has 1 radical (unpaired) electrons. The van der Waals surface area contributed by atoms with Gasteiger partial charge >= 0.3 is 0 Å². The molecular formula is C8H17S. The van der Waals surface area contributed by atoms with Crippen LogP contribution in [0.1, 0.15) is 33.6 Å². The first-order chi connectivity index (χ1) is 4.27. The molecule has 0 aromatic heterocycles. The molecule has 0 rings (SSSR count). The Labute approximate surface area is 63.4 Å². The molecular weight excluding hydrogens is 128 g/mol. The Morgan fingerprint density at radius 3 is 2.56 bits per heavy atom. The summed E-state index contributed by atoms with van der Waals surface area (Å²) in [7, 11) is 0. The maximum atomic E-state index is 2.32. The number of unbranched alkanes of at least 4 members (excludes halogenated alkanes) is 1. The van der Waals surface area contributed by atoms with Gasteiger partial charge in [0.25, 0.3) is 0 Å². The fraction of sp³-hybridized carbons (Fsp3) is 0.875. The molecule has 0 amide bonds. The van der Waals surface area contributed by atoms with Gasteiger partial charge in [0.1, 0.15) is 0 Å². The maximum absolute atomic E-state index is 2.32. The van der Waals surface area contributed by atoms with E-state index >= 15 is 0 Å². The van der Waals surface area contributed by atoms with Gasteiger partial charge in [0.05, 0.1) is 0 Å². The smallest absolute Gasteiger partial charge is 0.0166 e. The van der Waals surface area contributed by atoms with Crippen LogP contribution in [0.2, 0.25) is 0 Å². The summed E-state index contributed by atoms with van der Waals surface area (Å²) in [5, 5.41) is 0. The van der Waals surface area contributed by atoms with Gasteiger partial charge in [0.15, 0.2) is 0 Å². The Bertz CT molecular complexity index is 50.5. The third-order valence-corrected chi connectivity index (χ3v) is 2.28. The van der Waals surface area contributed by atoms with Gasteiger partial charge in [0, 0.05) is 5.75 Å². The molecule has 0 aliphatic carbocycles. The van der Waals surface area contributed by atoms with E-state index in [4.69, 9.17) is 0 Å². The molecule has 0 heterocycles. The van der Waals surface area contributed by atoms with Crippen LogP contribution < -0.4 is 0 Å². The fourth-order valence-corrected chi connectivity index (χ4v) is 1.39. The summed E-state index contributed by atoms with van der Waals surface area (Å²) < 4.78 is 0. The van der Waals surface area contributed by atoms with Gasteiger partial charge in [-0.3, -0.25) is 0 Å². The number of hydrogen-bond acceptors (Lipinski definition) is 1. The van der Waals surface area contributed by atoms with E-state index in [-0.39, 0.29) is 0 Å². The normalized spacial score (nSPS) is 10.7. The molecule has 0 unspecified atom stereocenters. The van der Waals surface area contributed by atoms with Gasteiger partial charge in [-0.2, -0.15) is 11.8 Å². The predicted octanol–water partition coefficient (Wildman–Crippen LogP) is 3.34. The van der Waals surface area contributed by atoms with Crippen molar-refractivity contribution in [3.05, 3.63) is 5.75 Å². The molecule has 1 heteroatoms. The van der Waals surface area contributed by atoms with E-state index in [0.29, 0.717) is 0 Å². The van der Waals surface area contributed by atoms with Crippen molar-refractivity contribution in [2.75, 3.05) is 5.75 Å². The molecule has 0 N–H and O–H groups in total. The van der Waals surface area contributed by atoms with Gasteiger partial charge in [-0.1, -0.05) is 27.2 Å². The molecule has 0 fully saturated rings. The van der Waals surface area contributed by atoms with Crippen molar-refractivity contribution < 1.29 is 0 Å². The summed E-state index contributed by atoms with van der Waals surface area (Å²) in [6.07, 6.45) is 2.54. The van der Waals surface area contributed by atoms with Crippen LogP contribution in [0.5, 0.6) is 0 Å². The van der Waals surface area contributed by atoms with Crippen molar-refractivity contribution in [2.45, 2.75) is 33.6 Å². The molecule has 55 valence electrons. The fourth-order valence-electron chi connectivity index (χ4n) is 0.462. The summed E-state index contributed by atoms with van der Waals surface area (Å²) >= 11 is 1.96. The van der Waals surface area contributed by atoms with E-state index in [1.165, 1.54) is 18.6 Å². The number of thioether (sulfide) groups is 1. The van der Waals surface area contributed by atoms with Gasteiger partial charge in [-0.25, -0.2) is 0 Å². The first kappa shape index (κ1) is 9.35. The highest BCUT2D eigenvalue weighted by atomic mass is 32.2. The van der Waals surface area contributed by atoms with E-state index in [0.717, 1.165) is 5.92 Å². The van der Waals surface area contributed by atoms with Crippen LogP contribution >= 0.6 is 11.8 Å². The zero-order valence-electron chi connectivity index (χ0n) is 6.68. The van der Waals surface area contributed by atoms with Crippen LogP contribution in [0, 0.1) is 11.7 Å². The molecule has 0 bridgehead atoms. The summed E-state index contributed by atoms with van der Waals surface area (Å²) in [5.41, 5.74) is 0. The summed E-state index contributed by atoms with van der Waals surface area (Å²) in [6.45, 7) is 6.73. The van der Waals surface area contributed by atoms with Crippen LogP contribution in [0.15, 0.2) is 0 Å². The van der Waals surface area contributed by atoms with E-state index in [1.54, 1.807) is 0 Å². The quantitative estimate of drug-likeness (QED) is 0.535. The number of hydrogen-bond donors (Lipinski definition) is 0. The molecule has 0 aromatic rings. The van der Waals surface area contributed by atoms with Crippen molar-refractivity contribution in [1.29, 1.82) is 0 Å². The average molecular weight is 145 g/mol. The highest BCUT2D eigenvalue weighted by Crippen LogP contribution is 2.13. The second-order valence-electron chi connectivity index (χ2n) is 2.68. The lowest BCUT2D eigenvalue weighted by Crippen LogP contribution is -1.89. The number of rotatable bonds is 5. The van der Waals surface area contributed by atoms with E-state index in [2.05, 4.69) is 26.5 Å². The van der Waals surface area contributed by atoms with Crippen LogP contribution in [0.25, 0.3) is 0 Å². The zero-order chi connectivity index (χ0) is 7.11. The van der Waals surface area contributed by atoms with Crippen LogP contribution in [0.3, 0.4) is 0 Å². The van der Waals surface area contributed by atoms with Crippen LogP contribution in [-0.4, -0.2) is 5.75 Å². The second kappa shape index (κ2) is 6.47. The van der Waals surface area contributed by atoms with Gasteiger partial charge in [0.2, 0.25) is 0 Å². The summed E-state index contributed by atoms with van der Waals surface area (Å²) in [6, 6.07) is 0. The minimum absolute atomic E-state index is 0.836. The minimum atomic E-state index is 0.836. The predicted molar refractivity (Wildman–Crippen MR) is 46.5 cm³/mol. The second-order valence-corrected chi connectivity index (χ2v) is 3.68. The largest absolute Gasteiger partial charge is 0.157 e. The van der Waals surface area contributed by atoms with Crippen molar-refractivity contribution >= 4 is 11.8 Å². The van der Waals surface area contributed by atoms with Crippen molar-refractivity contribution in [3.63, 3.8) is 0 Å². The van der Waals surface area contributed by atoms with E-state index in [9.17, 15) is 0 Å². The van der Waals surface area contributed by atoms with Crippen molar-refractivity contribution in [2.24, 2.45) is 5.92 Å². The van der Waals surface area contributed by atoms with Crippen LogP contribution in [-0.2, 0) is 0 Å². The first-order valence-electron chi connectivity index (χ1n) is 3.70. The maximum Gasteiger partial charge on any atom is 0.0166 e.